The number of hydrogen-bond acceptors (Lipinski definition) is 5. The molecule has 0 radical (unpaired) electrons. The van der Waals surface area contributed by atoms with E-state index in [2.05, 4.69) is 11.4 Å². The topological polar surface area (TPSA) is 92.8 Å². The van der Waals surface area contributed by atoms with Crippen LogP contribution in [0.2, 0.25) is 5.02 Å². The summed E-state index contributed by atoms with van der Waals surface area (Å²) in [4.78, 5) is 51.7. The summed E-state index contributed by atoms with van der Waals surface area (Å²) in [5, 5.41) is 2.07. The van der Waals surface area contributed by atoms with E-state index in [1.165, 1.54) is 29.2 Å². The molecule has 0 aromatic heterocycles. The molecule has 4 atom stereocenters. The van der Waals surface area contributed by atoms with Crippen molar-refractivity contribution in [2.24, 2.45) is 23.7 Å². The van der Waals surface area contributed by atoms with Crippen LogP contribution in [0.5, 0.6) is 0 Å². The summed E-state index contributed by atoms with van der Waals surface area (Å²) in [5.41, 5.74) is 0.277. The molecular weight excluding hydrogens is 513 g/mol. The van der Waals surface area contributed by atoms with Crippen LogP contribution in [-0.2, 0) is 25.3 Å². The average Bonchev–Trinajstić information content (AvgIpc) is 3.48. The third kappa shape index (κ3) is 4.39. The number of ether oxygens (including phenoxy) is 1. The van der Waals surface area contributed by atoms with Gasteiger partial charge in [0, 0.05) is 0 Å². The van der Waals surface area contributed by atoms with Crippen molar-refractivity contribution in [3.8, 4) is 0 Å². The number of imide groups is 1. The van der Waals surface area contributed by atoms with Crippen LogP contribution >= 0.6 is 11.6 Å². The van der Waals surface area contributed by atoms with Gasteiger partial charge in [-0.25, -0.2) is 4.79 Å². The van der Waals surface area contributed by atoms with E-state index in [4.69, 9.17) is 16.3 Å². The molecule has 2 bridgehead atoms. The van der Waals surface area contributed by atoms with Crippen molar-refractivity contribution in [2.45, 2.75) is 19.5 Å². The SMILES string of the molecule is CC1=C[C@H]2C[C@H]1[C@@H]1C(=O)N(c3ccc(C(=O)OCC(=O)Nc4cc(C(F)(F)F)ccc4Cl)cc3)C(=O)[C@H]12. The highest BCUT2D eigenvalue weighted by molar-refractivity contribution is 6.33. The number of allylic oxidation sites excluding steroid dienone is 2. The van der Waals surface area contributed by atoms with Gasteiger partial charge in [0.25, 0.3) is 5.91 Å². The fourth-order valence-corrected chi connectivity index (χ4v) is 5.64. The van der Waals surface area contributed by atoms with E-state index in [1.807, 2.05) is 6.92 Å². The first-order chi connectivity index (χ1) is 17.5. The zero-order chi connectivity index (χ0) is 26.6. The van der Waals surface area contributed by atoms with Gasteiger partial charge in [0.05, 0.1) is 39.4 Å². The number of halogens is 4. The molecule has 2 aromatic carbocycles. The summed E-state index contributed by atoms with van der Waals surface area (Å²) < 4.78 is 43.6. The van der Waals surface area contributed by atoms with Gasteiger partial charge in [-0.05, 0) is 67.6 Å². The number of carbonyl (C=O) groups is 4. The molecule has 2 aliphatic carbocycles. The molecular formula is C26H20ClF3N2O5. The molecule has 1 aliphatic heterocycles. The first kappa shape index (κ1) is 25.0. The Kier molecular flexibility index (Phi) is 6.10. The van der Waals surface area contributed by atoms with Crippen molar-refractivity contribution >= 4 is 46.7 Å². The van der Waals surface area contributed by atoms with Crippen LogP contribution in [0.4, 0.5) is 24.5 Å². The van der Waals surface area contributed by atoms with Gasteiger partial charge >= 0.3 is 12.1 Å². The number of amides is 3. The Balaban J connectivity index is 1.20. The van der Waals surface area contributed by atoms with Gasteiger partial charge in [-0.3, -0.25) is 19.3 Å². The summed E-state index contributed by atoms with van der Waals surface area (Å²) in [6, 6.07) is 8.10. The molecule has 3 amide bonds. The molecule has 3 aliphatic rings. The van der Waals surface area contributed by atoms with Crippen molar-refractivity contribution in [3.63, 3.8) is 0 Å². The summed E-state index contributed by atoms with van der Waals surface area (Å²) in [5.74, 6) is -2.78. The average molecular weight is 533 g/mol. The van der Waals surface area contributed by atoms with Crippen molar-refractivity contribution in [2.75, 3.05) is 16.8 Å². The van der Waals surface area contributed by atoms with E-state index in [0.717, 1.165) is 24.1 Å². The van der Waals surface area contributed by atoms with Crippen molar-refractivity contribution in [3.05, 3.63) is 70.3 Å². The Labute approximate surface area is 214 Å². The second-order valence-electron chi connectivity index (χ2n) is 9.34. The predicted octanol–water partition coefficient (Wildman–Crippen LogP) is 4.86. The first-order valence-electron chi connectivity index (χ1n) is 11.5. The molecule has 5 rings (SSSR count). The first-order valence-corrected chi connectivity index (χ1v) is 11.8. The van der Waals surface area contributed by atoms with Crippen LogP contribution in [0.1, 0.15) is 29.3 Å². The van der Waals surface area contributed by atoms with E-state index in [0.29, 0.717) is 11.8 Å². The Morgan fingerprint density at radius 2 is 1.76 bits per heavy atom. The van der Waals surface area contributed by atoms with Crippen LogP contribution in [0.15, 0.2) is 54.1 Å². The second-order valence-corrected chi connectivity index (χ2v) is 9.75. The lowest BCUT2D eigenvalue weighted by Crippen LogP contribution is -2.33. The van der Waals surface area contributed by atoms with Crippen LogP contribution in [0, 0.1) is 23.7 Å². The largest absolute Gasteiger partial charge is 0.452 e. The summed E-state index contributed by atoms with van der Waals surface area (Å²) >= 11 is 5.85. The third-order valence-corrected chi connectivity index (χ3v) is 7.47. The molecule has 37 heavy (non-hydrogen) atoms. The molecule has 2 fully saturated rings. The molecule has 2 aromatic rings. The van der Waals surface area contributed by atoms with E-state index in [-0.39, 0.29) is 51.8 Å². The molecule has 11 heteroatoms. The minimum Gasteiger partial charge on any atom is -0.452 e. The van der Waals surface area contributed by atoms with Crippen molar-refractivity contribution in [1.29, 1.82) is 0 Å². The van der Waals surface area contributed by atoms with Gasteiger partial charge in [0.2, 0.25) is 11.8 Å². The van der Waals surface area contributed by atoms with Crippen LogP contribution in [0.3, 0.4) is 0 Å². The number of anilines is 2. The number of hydrogen-bond donors (Lipinski definition) is 1. The number of nitrogens with one attached hydrogen (secondary N) is 1. The van der Waals surface area contributed by atoms with Crippen molar-refractivity contribution in [1.82, 2.24) is 0 Å². The molecule has 1 saturated carbocycles. The Bertz CT molecular complexity index is 1350. The monoisotopic (exact) mass is 532 g/mol. The highest BCUT2D eigenvalue weighted by Gasteiger charge is 2.60. The zero-order valence-corrected chi connectivity index (χ0v) is 20.1. The number of carbonyl (C=O) groups excluding carboxylic acids is 4. The van der Waals surface area contributed by atoms with Gasteiger partial charge < -0.3 is 10.1 Å². The number of rotatable bonds is 5. The number of fused-ring (bicyclic) bond motifs is 5. The van der Waals surface area contributed by atoms with Gasteiger partial charge in [0.15, 0.2) is 6.61 Å². The standard InChI is InChI=1S/C26H20ClF3N2O5/c1-12-8-14-9-17(12)22-21(14)23(34)32(24(22)35)16-5-2-13(3-6-16)25(36)37-11-20(33)31-19-10-15(26(28,29)30)4-7-18(19)27/h2-8,10,14,17,21-22H,9,11H2,1H3,(H,31,33)/t14-,17+,21-,22-/m0/s1. The Hall–Kier alpha value is -3.66. The lowest BCUT2D eigenvalue weighted by molar-refractivity contribution is -0.137. The maximum absolute atomic E-state index is 13.0. The molecule has 1 N–H and O–H groups in total. The molecule has 0 spiro atoms. The number of benzene rings is 2. The minimum atomic E-state index is -4.62. The smallest absolute Gasteiger partial charge is 0.416 e. The fraction of sp³-hybridized carbons (Fsp3) is 0.308. The van der Waals surface area contributed by atoms with Gasteiger partial charge in [-0.2, -0.15) is 13.2 Å². The molecule has 0 unspecified atom stereocenters. The zero-order valence-electron chi connectivity index (χ0n) is 19.3. The Morgan fingerprint density at radius 3 is 2.43 bits per heavy atom. The Morgan fingerprint density at radius 1 is 1.08 bits per heavy atom. The highest BCUT2D eigenvalue weighted by atomic mass is 35.5. The summed E-state index contributed by atoms with van der Waals surface area (Å²) in [6.07, 6.45) is -1.72. The maximum atomic E-state index is 13.0. The third-order valence-electron chi connectivity index (χ3n) is 7.14. The number of nitrogens with zero attached hydrogens (tertiary/aromatic N) is 1. The number of alkyl halides is 3. The van der Waals surface area contributed by atoms with Crippen molar-refractivity contribution < 1.29 is 37.1 Å². The van der Waals surface area contributed by atoms with Gasteiger partial charge in [0.1, 0.15) is 0 Å². The van der Waals surface area contributed by atoms with E-state index >= 15 is 0 Å². The quantitative estimate of drug-likeness (QED) is 0.337. The lowest BCUT2D eigenvalue weighted by atomic mass is 9.82. The summed E-state index contributed by atoms with van der Waals surface area (Å²) in [6.45, 7) is 1.21. The molecule has 1 heterocycles. The van der Waals surface area contributed by atoms with E-state index in [1.54, 1.807) is 0 Å². The van der Waals surface area contributed by atoms with E-state index in [9.17, 15) is 32.3 Å². The highest BCUT2D eigenvalue weighted by Crippen LogP contribution is 2.55. The summed E-state index contributed by atoms with van der Waals surface area (Å²) in [7, 11) is 0. The lowest BCUT2D eigenvalue weighted by Gasteiger charge is -2.19. The molecule has 192 valence electrons. The maximum Gasteiger partial charge on any atom is 0.416 e. The van der Waals surface area contributed by atoms with Crippen LogP contribution < -0.4 is 10.2 Å². The number of esters is 1. The predicted molar refractivity (Wildman–Crippen MR) is 127 cm³/mol. The molecule has 1 saturated heterocycles. The van der Waals surface area contributed by atoms with Gasteiger partial charge in [-0.15, -0.1) is 0 Å². The van der Waals surface area contributed by atoms with Crippen LogP contribution in [-0.4, -0.2) is 30.3 Å². The second kappa shape index (κ2) is 9.02. The molecule has 7 nitrogen and oxygen atoms in total. The minimum absolute atomic E-state index is 0.0607. The normalized spacial score (nSPS) is 24.2. The van der Waals surface area contributed by atoms with Crippen LogP contribution in [0.25, 0.3) is 0 Å². The fourth-order valence-electron chi connectivity index (χ4n) is 5.47. The van der Waals surface area contributed by atoms with Gasteiger partial charge in [-0.1, -0.05) is 23.3 Å². The van der Waals surface area contributed by atoms with E-state index < -0.39 is 30.2 Å².